The molecular formula is C14H10Cl2O3. The summed E-state index contributed by atoms with van der Waals surface area (Å²) in [5, 5.41) is 0.527. The Morgan fingerprint density at radius 3 is 2.42 bits per heavy atom. The Labute approximate surface area is 120 Å². The Bertz CT molecular complexity index is 611. The lowest BCUT2D eigenvalue weighted by molar-refractivity contribution is 0.0731. The van der Waals surface area contributed by atoms with Gasteiger partial charge in [0.15, 0.2) is 5.75 Å². The van der Waals surface area contributed by atoms with Crippen LogP contribution in [-0.4, -0.2) is 13.1 Å². The third-order valence-electron chi connectivity index (χ3n) is 2.45. The smallest absolute Gasteiger partial charge is 0.347 e. The van der Waals surface area contributed by atoms with E-state index in [1.807, 2.05) is 0 Å². The van der Waals surface area contributed by atoms with Crippen LogP contribution in [0.5, 0.6) is 11.5 Å². The quantitative estimate of drug-likeness (QED) is 0.628. The summed E-state index contributed by atoms with van der Waals surface area (Å²) >= 11 is 11.8. The summed E-state index contributed by atoms with van der Waals surface area (Å²) in [5.74, 6) is 0.0948. The van der Waals surface area contributed by atoms with Crippen LogP contribution in [0, 0.1) is 0 Å². The topological polar surface area (TPSA) is 35.5 Å². The second-order valence-electron chi connectivity index (χ2n) is 3.64. The molecule has 98 valence electrons. The number of benzene rings is 2. The molecule has 0 bridgehead atoms. The number of methoxy groups -OCH3 is 1. The first kappa shape index (κ1) is 13.7. The van der Waals surface area contributed by atoms with Crippen molar-refractivity contribution in [3.63, 3.8) is 0 Å². The number of carbonyl (C=O) groups excluding carboxylic acids is 1. The van der Waals surface area contributed by atoms with Crippen LogP contribution in [0.25, 0.3) is 0 Å². The molecule has 0 unspecified atom stereocenters. The van der Waals surface area contributed by atoms with E-state index in [-0.39, 0.29) is 10.8 Å². The monoisotopic (exact) mass is 296 g/mol. The second kappa shape index (κ2) is 5.95. The molecule has 0 aliphatic heterocycles. The summed E-state index contributed by atoms with van der Waals surface area (Å²) in [6.07, 6.45) is 0. The van der Waals surface area contributed by atoms with Gasteiger partial charge in [0.1, 0.15) is 16.3 Å². The van der Waals surface area contributed by atoms with Crippen molar-refractivity contribution in [2.45, 2.75) is 0 Å². The van der Waals surface area contributed by atoms with Gasteiger partial charge in [0.25, 0.3) is 0 Å². The van der Waals surface area contributed by atoms with E-state index in [0.717, 1.165) is 0 Å². The molecule has 0 spiro atoms. The fourth-order valence-electron chi connectivity index (χ4n) is 1.53. The fraction of sp³-hybridized carbons (Fsp3) is 0.0714. The standard InChI is InChI=1S/C14H10Cl2O3/c1-18-11-7-3-2-5-9(11)14(17)19-12-8-4-6-10(15)13(12)16/h2-8H,1H3. The van der Waals surface area contributed by atoms with Crippen LogP contribution in [0.4, 0.5) is 0 Å². The van der Waals surface area contributed by atoms with Crippen LogP contribution in [0.15, 0.2) is 42.5 Å². The van der Waals surface area contributed by atoms with Gasteiger partial charge in [-0.15, -0.1) is 0 Å². The number of para-hydroxylation sites is 1. The van der Waals surface area contributed by atoms with Crippen LogP contribution < -0.4 is 9.47 Å². The van der Waals surface area contributed by atoms with Gasteiger partial charge in [-0.05, 0) is 24.3 Å². The molecule has 5 heteroatoms. The highest BCUT2D eigenvalue weighted by Crippen LogP contribution is 2.32. The van der Waals surface area contributed by atoms with Crippen molar-refractivity contribution in [3.05, 3.63) is 58.1 Å². The maximum absolute atomic E-state index is 12.1. The zero-order valence-corrected chi connectivity index (χ0v) is 11.5. The van der Waals surface area contributed by atoms with E-state index in [2.05, 4.69) is 0 Å². The molecule has 0 saturated carbocycles. The summed E-state index contributed by atoms with van der Waals surface area (Å²) in [7, 11) is 1.48. The Morgan fingerprint density at radius 1 is 1.00 bits per heavy atom. The Hall–Kier alpha value is -1.71. The SMILES string of the molecule is COc1ccccc1C(=O)Oc1cccc(Cl)c1Cl. The summed E-state index contributed by atoms with van der Waals surface area (Å²) < 4.78 is 10.3. The molecule has 2 aromatic carbocycles. The lowest BCUT2D eigenvalue weighted by Crippen LogP contribution is -2.10. The van der Waals surface area contributed by atoms with E-state index in [9.17, 15) is 4.79 Å². The summed E-state index contributed by atoms with van der Waals surface area (Å²) in [6, 6.07) is 11.6. The first-order chi connectivity index (χ1) is 9.13. The van der Waals surface area contributed by atoms with Gasteiger partial charge >= 0.3 is 5.97 Å². The molecule has 0 N–H and O–H groups in total. The number of rotatable bonds is 3. The Morgan fingerprint density at radius 2 is 1.68 bits per heavy atom. The minimum absolute atomic E-state index is 0.201. The normalized spacial score (nSPS) is 10.1. The molecule has 0 aromatic heterocycles. The number of ether oxygens (including phenoxy) is 2. The summed E-state index contributed by atoms with van der Waals surface area (Å²) in [4.78, 5) is 12.1. The van der Waals surface area contributed by atoms with E-state index in [1.54, 1.807) is 42.5 Å². The molecule has 0 fully saturated rings. The number of halogens is 2. The molecule has 0 saturated heterocycles. The average Bonchev–Trinajstić information content (AvgIpc) is 2.43. The van der Waals surface area contributed by atoms with Gasteiger partial charge in [-0.25, -0.2) is 4.79 Å². The van der Waals surface area contributed by atoms with Crippen molar-refractivity contribution in [1.82, 2.24) is 0 Å². The number of hydrogen-bond acceptors (Lipinski definition) is 3. The van der Waals surface area contributed by atoms with Crippen LogP contribution >= 0.6 is 23.2 Å². The summed E-state index contributed by atoms with van der Waals surface area (Å²) in [6.45, 7) is 0. The maximum atomic E-state index is 12.1. The molecule has 0 aliphatic carbocycles. The van der Waals surface area contributed by atoms with Gasteiger partial charge in [-0.1, -0.05) is 41.4 Å². The van der Waals surface area contributed by atoms with Crippen LogP contribution in [0.2, 0.25) is 10.0 Å². The molecule has 0 atom stereocenters. The average molecular weight is 297 g/mol. The van der Waals surface area contributed by atoms with Crippen molar-refractivity contribution in [1.29, 1.82) is 0 Å². The van der Waals surface area contributed by atoms with Crippen molar-refractivity contribution >= 4 is 29.2 Å². The van der Waals surface area contributed by atoms with Gasteiger partial charge in [0.2, 0.25) is 0 Å². The predicted molar refractivity (Wildman–Crippen MR) is 74.4 cm³/mol. The van der Waals surface area contributed by atoms with Crippen LogP contribution in [0.1, 0.15) is 10.4 Å². The van der Waals surface area contributed by atoms with Gasteiger partial charge in [-0.2, -0.15) is 0 Å². The first-order valence-electron chi connectivity index (χ1n) is 5.42. The molecule has 19 heavy (non-hydrogen) atoms. The second-order valence-corrected chi connectivity index (χ2v) is 4.43. The third kappa shape index (κ3) is 3.00. The van der Waals surface area contributed by atoms with Gasteiger partial charge < -0.3 is 9.47 Å². The van der Waals surface area contributed by atoms with E-state index >= 15 is 0 Å². The fourth-order valence-corrected chi connectivity index (χ4v) is 1.86. The first-order valence-corrected chi connectivity index (χ1v) is 6.18. The van der Waals surface area contributed by atoms with Crippen LogP contribution in [-0.2, 0) is 0 Å². The number of esters is 1. The molecule has 3 nitrogen and oxygen atoms in total. The Balaban J connectivity index is 2.28. The zero-order valence-electron chi connectivity index (χ0n) is 10.0. The molecule has 0 aliphatic rings. The molecule has 0 heterocycles. The number of hydrogen-bond donors (Lipinski definition) is 0. The van der Waals surface area contributed by atoms with E-state index in [0.29, 0.717) is 16.3 Å². The van der Waals surface area contributed by atoms with Crippen molar-refractivity contribution < 1.29 is 14.3 Å². The minimum Gasteiger partial charge on any atom is -0.496 e. The van der Waals surface area contributed by atoms with Crippen molar-refractivity contribution in [2.75, 3.05) is 7.11 Å². The van der Waals surface area contributed by atoms with E-state index in [4.69, 9.17) is 32.7 Å². The van der Waals surface area contributed by atoms with Crippen molar-refractivity contribution in [2.24, 2.45) is 0 Å². The highest BCUT2D eigenvalue weighted by Gasteiger charge is 2.16. The lowest BCUT2D eigenvalue weighted by atomic mass is 10.2. The number of carbonyl (C=O) groups is 1. The third-order valence-corrected chi connectivity index (χ3v) is 3.25. The van der Waals surface area contributed by atoms with E-state index < -0.39 is 5.97 Å². The highest BCUT2D eigenvalue weighted by atomic mass is 35.5. The maximum Gasteiger partial charge on any atom is 0.347 e. The van der Waals surface area contributed by atoms with Crippen molar-refractivity contribution in [3.8, 4) is 11.5 Å². The zero-order chi connectivity index (χ0) is 13.8. The van der Waals surface area contributed by atoms with Gasteiger partial charge in [0.05, 0.1) is 12.1 Å². The van der Waals surface area contributed by atoms with Crippen LogP contribution in [0.3, 0.4) is 0 Å². The van der Waals surface area contributed by atoms with Gasteiger partial charge in [-0.3, -0.25) is 0 Å². The highest BCUT2D eigenvalue weighted by molar-refractivity contribution is 6.43. The largest absolute Gasteiger partial charge is 0.496 e. The Kier molecular flexibility index (Phi) is 4.30. The van der Waals surface area contributed by atoms with E-state index in [1.165, 1.54) is 7.11 Å². The predicted octanol–water partition coefficient (Wildman–Crippen LogP) is 4.22. The molecule has 2 aromatic rings. The molecule has 0 amide bonds. The summed E-state index contributed by atoms with van der Waals surface area (Å²) in [5.41, 5.74) is 0.320. The molecular weight excluding hydrogens is 287 g/mol. The molecule has 2 rings (SSSR count). The lowest BCUT2D eigenvalue weighted by Gasteiger charge is -2.09. The van der Waals surface area contributed by atoms with Gasteiger partial charge in [0, 0.05) is 0 Å². The minimum atomic E-state index is -0.554. The molecule has 0 radical (unpaired) electrons.